The summed E-state index contributed by atoms with van der Waals surface area (Å²) in [6.07, 6.45) is -0.322. The lowest BCUT2D eigenvalue weighted by molar-refractivity contribution is -0.136. The number of aryl methyl sites for hydroxylation is 2. The topological polar surface area (TPSA) is 50.2 Å². The zero-order valence-electron chi connectivity index (χ0n) is 18.4. The number of carbonyl (C=O) groups is 1. The van der Waals surface area contributed by atoms with E-state index in [9.17, 15) is 18.0 Å². The molecule has 1 N–H and O–H groups in total. The van der Waals surface area contributed by atoms with Crippen LogP contribution >= 0.6 is 0 Å². The van der Waals surface area contributed by atoms with E-state index in [2.05, 4.69) is 18.3 Å². The second-order valence-corrected chi connectivity index (χ2v) is 9.24. The zero-order chi connectivity index (χ0) is 22.5. The first-order valence-electron chi connectivity index (χ1n) is 11.6. The lowest BCUT2D eigenvalue weighted by Gasteiger charge is -2.38. The molecule has 1 aromatic carbocycles. The zero-order valence-corrected chi connectivity index (χ0v) is 18.4. The molecule has 8 heteroatoms. The Bertz CT molecular complexity index is 1040. The summed E-state index contributed by atoms with van der Waals surface area (Å²) in [7, 11) is 0. The number of hydrogen-bond donors (Lipinski definition) is 1. The summed E-state index contributed by atoms with van der Waals surface area (Å²) in [5, 5.41) is 3.27. The number of alkyl halides is 3. The highest BCUT2D eigenvalue weighted by Gasteiger charge is 2.55. The molecule has 1 amide bonds. The van der Waals surface area contributed by atoms with Crippen molar-refractivity contribution < 1.29 is 18.0 Å². The van der Waals surface area contributed by atoms with Crippen molar-refractivity contribution in [2.75, 3.05) is 18.0 Å². The summed E-state index contributed by atoms with van der Waals surface area (Å²) in [6, 6.07) is 6.08. The van der Waals surface area contributed by atoms with Crippen LogP contribution in [0.2, 0.25) is 0 Å². The third-order valence-electron chi connectivity index (χ3n) is 7.24. The van der Waals surface area contributed by atoms with Crippen molar-refractivity contribution in [1.82, 2.24) is 14.9 Å². The predicted octanol–water partition coefficient (Wildman–Crippen LogP) is 4.05. The molecule has 1 aromatic heterocycles. The lowest BCUT2D eigenvalue weighted by atomic mass is 9.74. The minimum absolute atomic E-state index is 0.0255. The van der Waals surface area contributed by atoms with Crippen molar-refractivity contribution in [1.29, 1.82) is 0 Å². The van der Waals surface area contributed by atoms with Gasteiger partial charge in [-0.1, -0.05) is 19.1 Å². The monoisotopic (exact) mass is 446 g/mol. The number of imidazole rings is 1. The summed E-state index contributed by atoms with van der Waals surface area (Å²) in [4.78, 5) is 20.3. The van der Waals surface area contributed by atoms with Gasteiger partial charge in [-0.05, 0) is 55.7 Å². The summed E-state index contributed by atoms with van der Waals surface area (Å²) in [5.74, 6) is 0.791. The molecular weight excluding hydrogens is 417 g/mol. The molecular formula is C24H29F3N4O. The van der Waals surface area contributed by atoms with Gasteiger partial charge in [-0.15, -0.1) is 0 Å². The maximum atomic E-state index is 13.6. The highest BCUT2D eigenvalue weighted by atomic mass is 19.4. The van der Waals surface area contributed by atoms with E-state index in [0.717, 1.165) is 54.7 Å². The first-order valence-corrected chi connectivity index (χ1v) is 11.6. The van der Waals surface area contributed by atoms with Crippen LogP contribution in [0.4, 0.5) is 18.9 Å². The Kier molecular flexibility index (Phi) is 5.31. The van der Waals surface area contributed by atoms with Crippen LogP contribution in [0.3, 0.4) is 0 Å². The summed E-state index contributed by atoms with van der Waals surface area (Å²) < 4.78 is 40.3. The second kappa shape index (κ2) is 7.90. The van der Waals surface area contributed by atoms with Gasteiger partial charge in [-0.25, -0.2) is 4.98 Å². The number of anilines is 1. The molecule has 3 heterocycles. The van der Waals surface area contributed by atoms with Crippen LogP contribution in [-0.2, 0) is 42.6 Å². The van der Waals surface area contributed by atoms with Gasteiger partial charge in [-0.3, -0.25) is 4.79 Å². The fourth-order valence-corrected chi connectivity index (χ4v) is 5.61. The average Bonchev–Trinajstić information content (AvgIpc) is 3.20. The average molecular weight is 447 g/mol. The third kappa shape index (κ3) is 3.43. The van der Waals surface area contributed by atoms with E-state index in [0.29, 0.717) is 25.5 Å². The molecule has 32 heavy (non-hydrogen) atoms. The smallest absolute Gasteiger partial charge is 0.330 e. The van der Waals surface area contributed by atoms with Crippen LogP contribution in [0, 0.1) is 0 Å². The standard InChI is InChI=1S/C24H29F3N4O/c1-2-16-7-5-10-19-21(16)23(14-28-15-23)22(32)31(19)13-20-29-17-8-3-4-9-18(17)30(20)12-6-11-24(25,26)27/h5,7,10,28H,2-4,6,8-9,11-15H2,1H3. The van der Waals surface area contributed by atoms with E-state index < -0.39 is 18.0 Å². The molecule has 2 aliphatic heterocycles. The molecule has 3 aliphatic rings. The predicted molar refractivity (Wildman–Crippen MR) is 116 cm³/mol. The molecule has 0 unspecified atom stereocenters. The van der Waals surface area contributed by atoms with Crippen LogP contribution in [-0.4, -0.2) is 34.7 Å². The number of amides is 1. The number of nitrogens with one attached hydrogen (secondary N) is 1. The Balaban J connectivity index is 1.49. The summed E-state index contributed by atoms with van der Waals surface area (Å²) in [5.41, 5.74) is 4.77. The number of benzene rings is 1. The van der Waals surface area contributed by atoms with Crippen LogP contribution in [0.5, 0.6) is 0 Å². The van der Waals surface area contributed by atoms with Gasteiger partial charge < -0.3 is 14.8 Å². The summed E-state index contributed by atoms with van der Waals surface area (Å²) in [6.45, 7) is 3.95. The second-order valence-electron chi connectivity index (χ2n) is 9.24. The van der Waals surface area contributed by atoms with Gasteiger partial charge >= 0.3 is 6.18 Å². The fraction of sp³-hybridized carbons (Fsp3) is 0.583. The molecule has 0 atom stereocenters. The minimum atomic E-state index is -4.16. The Hall–Kier alpha value is -2.35. The quantitative estimate of drug-likeness (QED) is 0.728. The number of nitrogens with zero attached hydrogens (tertiary/aromatic N) is 3. The van der Waals surface area contributed by atoms with Crippen molar-refractivity contribution in [3.05, 3.63) is 46.5 Å². The molecule has 0 radical (unpaired) electrons. The number of hydrogen-bond acceptors (Lipinski definition) is 3. The van der Waals surface area contributed by atoms with Crippen LogP contribution < -0.4 is 10.2 Å². The molecule has 5 rings (SSSR count). The molecule has 1 spiro atoms. The van der Waals surface area contributed by atoms with Gasteiger partial charge in [0.2, 0.25) is 5.91 Å². The molecule has 1 saturated heterocycles. The fourth-order valence-electron chi connectivity index (χ4n) is 5.61. The van der Waals surface area contributed by atoms with Crippen molar-refractivity contribution in [3.63, 3.8) is 0 Å². The number of carbonyl (C=O) groups excluding carboxylic acids is 1. The molecule has 5 nitrogen and oxygen atoms in total. The minimum Gasteiger partial charge on any atom is -0.330 e. The van der Waals surface area contributed by atoms with Crippen LogP contribution in [0.25, 0.3) is 0 Å². The van der Waals surface area contributed by atoms with Crippen LogP contribution in [0.15, 0.2) is 18.2 Å². The van der Waals surface area contributed by atoms with Crippen molar-refractivity contribution in [2.24, 2.45) is 0 Å². The lowest BCUT2D eigenvalue weighted by Crippen LogP contribution is -2.62. The summed E-state index contributed by atoms with van der Waals surface area (Å²) >= 11 is 0. The molecule has 1 fully saturated rings. The van der Waals surface area contributed by atoms with Gasteiger partial charge in [0.1, 0.15) is 11.2 Å². The molecule has 172 valence electrons. The Morgan fingerprint density at radius 2 is 1.97 bits per heavy atom. The van der Waals surface area contributed by atoms with E-state index in [4.69, 9.17) is 4.98 Å². The van der Waals surface area contributed by atoms with Gasteiger partial charge in [0.15, 0.2) is 0 Å². The maximum Gasteiger partial charge on any atom is 0.389 e. The first-order chi connectivity index (χ1) is 15.3. The van der Waals surface area contributed by atoms with Crippen molar-refractivity contribution >= 4 is 11.6 Å². The highest BCUT2D eigenvalue weighted by Crippen LogP contribution is 2.47. The van der Waals surface area contributed by atoms with E-state index >= 15 is 0 Å². The largest absolute Gasteiger partial charge is 0.389 e. The molecule has 2 aromatic rings. The van der Waals surface area contributed by atoms with Gasteiger partial charge in [0, 0.05) is 37.4 Å². The van der Waals surface area contributed by atoms with E-state index in [1.54, 1.807) is 0 Å². The Labute approximate surface area is 186 Å². The van der Waals surface area contributed by atoms with E-state index in [1.165, 1.54) is 5.56 Å². The molecule has 0 saturated carbocycles. The van der Waals surface area contributed by atoms with E-state index in [-0.39, 0.29) is 18.9 Å². The Morgan fingerprint density at radius 1 is 1.19 bits per heavy atom. The number of fused-ring (bicyclic) bond motifs is 3. The highest BCUT2D eigenvalue weighted by molar-refractivity contribution is 6.09. The van der Waals surface area contributed by atoms with Crippen molar-refractivity contribution in [2.45, 2.75) is 76.6 Å². The first kappa shape index (κ1) is 21.5. The van der Waals surface area contributed by atoms with Gasteiger partial charge in [0.05, 0.1) is 12.2 Å². The maximum absolute atomic E-state index is 13.6. The number of rotatable bonds is 6. The number of halogens is 3. The van der Waals surface area contributed by atoms with E-state index in [1.807, 2.05) is 21.6 Å². The van der Waals surface area contributed by atoms with Crippen molar-refractivity contribution in [3.8, 4) is 0 Å². The molecule has 1 aliphatic carbocycles. The SMILES string of the molecule is CCc1cccc2c1C1(CNC1)C(=O)N2Cc1nc2c(n1CCCC(F)(F)F)CCCC2. The molecule has 0 bridgehead atoms. The Morgan fingerprint density at radius 3 is 2.66 bits per heavy atom. The van der Waals surface area contributed by atoms with Gasteiger partial charge in [0.25, 0.3) is 0 Å². The number of aromatic nitrogens is 2. The van der Waals surface area contributed by atoms with Crippen LogP contribution in [0.1, 0.15) is 60.9 Å². The normalized spacial score (nSPS) is 19.2. The third-order valence-corrected chi connectivity index (χ3v) is 7.24. The van der Waals surface area contributed by atoms with Gasteiger partial charge in [-0.2, -0.15) is 13.2 Å².